The number of hydrogen-bond donors (Lipinski definition) is 20. The number of primary amides is 2. The Hall–Kier alpha value is -6.80. The molecule has 4 unspecified atom stereocenters. The van der Waals surface area contributed by atoms with Gasteiger partial charge in [-0.15, -0.1) is 0 Å². The maximum absolute atomic E-state index is 13.8. The van der Waals surface area contributed by atoms with E-state index in [0.717, 1.165) is 0 Å². The molecule has 0 radical (unpaired) electrons. The minimum absolute atomic E-state index is 0.0223. The fourth-order valence-electron chi connectivity index (χ4n) is 10.1. The molecule has 2 aromatic rings. The second kappa shape index (κ2) is 42.3. The quantitative estimate of drug-likeness (QED) is 0.0234. The van der Waals surface area contributed by atoms with E-state index in [0.29, 0.717) is 141 Å². The summed E-state index contributed by atoms with van der Waals surface area (Å²) < 4.78 is 0. The smallest absolute Gasteiger partial charge is 0.242 e. The monoisotopic (exact) mass is 1300 g/mol. The highest BCUT2D eigenvalue weighted by atomic mass is 32.1. The van der Waals surface area contributed by atoms with Crippen molar-refractivity contribution in [1.82, 2.24) is 74.4 Å². The van der Waals surface area contributed by atoms with Gasteiger partial charge in [0.1, 0.15) is 35.7 Å². The molecule has 30 heteroatoms. The van der Waals surface area contributed by atoms with Gasteiger partial charge in [0.25, 0.3) is 0 Å². The van der Waals surface area contributed by atoms with Gasteiger partial charge in [0, 0.05) is 154 Å². The zero-order valence-electron chi connectivity index (χ0n) is 51.6. The van der Waals surface area contributed by atoms with Crippen molar-refractivity contribution < 1.29 is 58.2 Å². The zero-order valence-corrected chi connectivity index (χ0v) is 53.4. The number of unbranched alkanes of at least 4 members (excludes halogenated alkanes) is 4. The number of fused-ring (bicyclic) bond motifs is 15. The predicted octanol–water partition coefficient (Wildman–Crippen LogP) is -3.38. The maximum Gasteiger partial charge on any atom is 0.242 e. The summed E-state index contributed by atoms with van der Waals surface area (Å²) in [6.45, 7) is 6.14. The summed E-state index contributed by atoms with van der Waals surface area (Å²) >= 11 is 8.07. The van der Waals surface area contributed by atoms with Gasteiger partial charge in [0.2, 0.25) is 59.1 Å². The molecule has 2 aromatic carbocycles. The number of benzene rings is 2. The van der Waals surface area contributed by atoms with Crippen molar-refractivity contribution in [3.05, 3.63) is 59.7 Å². The van der Waals surface area contributed by atoms with Crippen LogP contribution in [-0.2, 0) is 60.8 Å². The van der Waals surface area contributed by atoms with Crippen LogP contribution in [0.4, 0.5) is 0 Å². The lowest BCUT2D eigenvalue weighted by atomic mass is 9.96. The molecule has 0 aliphatic carbocycles. The van der Waals surface area contributed by atoms with E-state index in [9.17, 15) is 58.2 Å². The van der Waals surface area contributed by atoms with Crippen LogP contribution in [-0.4, -0.2) is 208 Å². The molecular formula is C60H98N16O12S2. The summed E-state index contributed by atoms with van der Waals surface area (Å²) in [6.07, 6.45) is 4.48. The van der Waals surface area contributed by atoms with Crippen molar-refractivity contribution in [2.75, 3.05) is 103 Å². The van der Waals surface area contributed by atoms with Crippen LogP contribution in [0, 0.1) is 0 Å². The molecular weight excluding hydrogens is 1200 g/mol. The number of amides is 10. The number of thiol groups is 2. The van der Waals surface area contributed by atoms with Gasteiger partial charge in [-0.2, -0.15) is 25.3 Å². The molecule has 10 amide bonds. The molecule has 3 saturated heterocycles. The largest absolute Gasteiger partial charge is 0.508 e. The molecule has 3 aliphatic rings. The molecule has 0 spiro atoms. The number of carbonyl (C=O) groups excluding carboxylic acids is 10. The van der Waals surface area contributed by atoms with Gasteiger partial charge < -0.3 is 96.1 Å². The van der Waals surface area contributed by atoms with Gasteiger partial charge in [-0.05, 0) is 73.9 Å². The number of rotatable bonds is 36. The Labute approximate surface area is 538 Å². The van der Waals surface area contributed by atoms with Crippen LogP contribution < -0.4 is 85.9 Å². The maximum atomic E-state index is 13.8. The molecule has 0 saturated carbocycles. The fraction of sp³-hybridized carbons (Fsp3) is 0.633. The Morgan fingerprint density at radius 1 is 0.400 bits per heavy atom. The Balaban J connectivity index is 1.25. The van der Waals surface area contributed by atoms with Crippen LogP contribution in [0.5, 0.6) is 11.5 Å². The van der Waals surface area contributed by atoms with E-state index in [-0.39, 0.29) is 111 Å². The zero-order chi connectivity index (χ0) is 65.6. The molecule has 3 fully saturated rings. The molecule has 3 heterocycles. The highest BCUT2D eigenvalue weighted by molar-refractivity contribution is 7.80. The first-order valence-electron chi connectivity index (χ1n) is 31.2. The van der Waals surface area contributed by atoms with Crippen LogP contribution in [0.3, 0.4) is 0 Å². The molecule has 502 valence electrons. The number of carbonyl (C=O) groups is 10. The van der Waals surface area contributed by atoms with Crippen LogP contribution in [0.1, 0.15) is 101 Å². The van der Waals surface area contributed by atoms with E-state index < -0.39 is 70.7 Å². The van der Waals surface area contributed by atoms with Gasteiger partial charge in [-0.25, -0.2) is 0 Å². The molecule has 3 aliphatic heterocycles. The van der Waals surface area contributed by atoms with Crippen LogP contribution in [0.2, 0.25) is 0 Å². The van der Waals surface area contributed by atoms with Crippen molar-refractivity contribution >= 4 is 84.3 Å². The third kappa shape index (κ3) is 30.8. The van der Waals surface area contributed by atoms with Crippen LogP contribution in [0.15, 0.2) is 48.5 Å². The van der Waals surface area contributed by atoms with E-state index in [1.54, 1.807) is 24.3 Å². The molecule has 90 heavy (non-hydrogen) atoms. The summed E-state index contributed by atoms with van der Waals surface area (Å²) in [6, 6.07) is 9.07. The van der Waals surface area contributed by atoms with Crippen molar-refractivity contribution in [3.8, 4) is 11.5 Å². The Morgan fingerprint density at radius 2 is 0.678 bits per heavy atom. The average molecular weight is 1300 g/mol. The molecule has 5 rings (SSSR count). The lowest BCUT2D eigenvalue weighted by molar-refractivity contribution is -0.129. The topological polar surface area (TPSA) is 432 Å². The highest BCUT2D eigenvalue weighted by Crippen LogP contribution is 2.15. The number of nitrogens with one attached hydrogen (secondary N) is 14. The number of hydrogen-bond acceptors (Lipinski definition) is 20. The average Bonchev–Trinajstić information content (AvgIpc) is 3.67. The molecule has 20 N–H and O–H groups in total. The lowest BCUT2D eigenvalue weighted by Gasteiger charge is -2.39. The summed E-state index contributed by atoms with van der Waals surface area (Å²) in [4.78, 5) is 129. The Morgan fingerprint density at radius 3 is 0.967 bits per heavy atom. The van der Waals surface area contributed by atoms with Crippen molar-refractivity contribution in [1.29, 1.82) is 0 Å². The van der Waals surface area contributed by atoms with E-state index in [1.807, 2.05) is 0 Å². The number of phenols is 2. The fourth-order valence-corrected chi connectivity index (χ4v) is 10.7. The minimum atomic E-state index is -0.943. The van der Waals surface area contributed by atoms with Crippen molar-refractivity contribution in [2.45, 2.75) is 138 Å². The minimum Gasteiger partial charge on any atom is -0.508 e. The Bertz CT molecular complexity index is 2370. The number of nitrogens with two attached hydrogens (primary N) is 2. The second-order valence-corrected chi connectivity index (χ2v) is 23.7. The molecule has 2 bridgehead atoms. The van der Waals surface area contributed by atoms with Crippen LogP contribution in [0.25, 0.3) is 0 Å². The summed E-state index contributed by atoms with van der Waals surface area (Å²) in [5, 5.41) is 63.7. The molecule has 4 atom stereocenters. The third-order valence-corrected chi connectivity index (χ3v) is 15.9. The van der Waals surface area contributed by atoms with Gasteiger partial charge in [0.05, 0.1) is 11.1 Å². The lowest BCUT2D eigenvalue weighted by Crippen LogP contribution is -2.68. The Kier molecular flexibility index (Phi) is 35.6. The van der Waals surface area contributed by atoms with E-state index in [4.69, 9.17) is 11.5 Å². The van der Waals surface area contributed by atoms with Crippen molar-refractivity contribution in [2.24, 2.45) is 11.5 Å². The van der Waals surface area contributed by atoms with E-state index in [2.05, 4.69) is 99.7 Å². The first-order chi connectivity index (χ1) is 43.2. The highest BCUT2D eigenvalue weighted by Gasteiger charge is 2.35. The van der Waals surface area contributed by atoms with Gasteiger partial charge in [-0.3, -0.25) is 47.9 Å². The van der Waals surface area contributed by atoms with E-state index in [1.165, 1.54) is 24.3 Å². The van der Waals surface area contributed by atoms with Gasteiger partial charge >= 0.3 is 0 Å². The molecule has 28 nitrogen and oxygen atoms in total. The van der Waals surface area contributed by atoms with E-state index >= 15 is 0 Å². The molecule has 0 aromatic heterocycles. The normalized spacial score (nSPS) is 18.7. The van der Waals surface area contributed by atoms with Gasteiger partial charge in [0.15, 0.2) is 0 Å². The third-order valence-electron chi connectivity index (χ3n) is 15.2. The summed E-state index contributed by atoms with van der Waals surface area (Å²) in [7, 11) is 0. The summed E-state index contributed by atoms with van der Waals surface area (Å²) in [5.74, 6) is -3.81. The van der Waals surface area contributed by atoms with Gasteiger partial charge in [-0.1, -0.05) is 37.1 Å². The number of phenolic OH excluding ortho intramolecular Hbond substituents is 2. The first-order valence-corrected chi connectivity index (χ1v) is 32.4. The standard InChI is InChI=1S/C60H98N16O12S2/c61-55(85)47(33-89)73-49(79)9-3-1-5-23-69-57(87)45(31-41-15-19-43(77)20-16-41)71-51(81)11-7-13-53(83)75-59-35-63-25-28-66-38-60(39-67-29-26-64-36-59,40-68-30-27-65-37-59)76-54(84)14-8-12-52(82)72-46(32-42-17-21-44(78)22-18-42)58(88)70-24-6-2-4-10-50(80)74-48(34-90)56(62)86/h15-22,45-48,63-68,77-78,89-90H,1-14,23-40H2,(H2,61,85)(H2,62,86)(H,69,87)(H,70,88)(H,71,81)(H,72,82)(H,73,79)(H,74,80)(H,75,83)(H,76,84). The predicted molar refractivity (Wildman–Crippen MR) is 347 cm³/mol. The van der Waals surface area contributed by atoms with Crippen molar-refractivity contribution in [3.63, 3.8) is 0 Å². The number of aromatic hydroxyl groups is 2. The van der Waals surface area contributed by atoms with Crippen LogP contribution >= 0.6 is 25.3 Å². The first kappa shape index (κ1) is 75.7. The summed E-state index contributed by atoms with van der Waals surface area (Å²) in [5.41, 5.74) is 10.4. The SMILES string of the molecule is NC(=O)C(CS)NC(=O)CCCCCNC(=O)C(Cc1ccc(O)cc1)NC(=O)CCCC(=O)NC12CNCCNCC(NC(=O)CCCC(=O)NC(Cc3ccc(O)cc3)C(=O)NCCCCCC(=O)NC(CS)C(N)=O)(CNCCNC1)CNCCNC2. The second-order valence-electron chi connectivity index (χ2n) is 23.0.